The number of carbonyl (C=O) groups is 1. The van der Waals surface area contributed by atoms with Crippen molar-refractivity contribution in [2.24, 2.45) is 0 Å². The first kappa shape index (κ1) is 14.8. The van der Waals surface area contributed by atoms with E-state index in [-0.39, 0.29) is 12.3 Å². The van der Waals surface area contributed by atoms with Crippen molar-refractivity contribution < 1.29 is 9.53 Å². The number of nitrogens with zero attached hydrogens (tertiary/aromatic N) is 1. The summed E-state index contributed by atoms with van der Waals surface area (Å²) in [6.07, 6.45) is 1.80. The number of pyridine rings is 1. The highest BCUT2D eigenvalue weighted by molar-refractivity contribution is 5.90. The molecule has 0 aliphatic rings. The SMILES string of the molecule is Cc1cccc(OCCC(=O)Nc2ccc(N)nc2)c1C. The van der Waals surface area contributed by atoms with Crippen LogP contribution in [0.15, 0.2) is 36.5 Å². The van der Waals surface area contributed by atoms with E-state index in [1.807, 2.05) is 32.0 Å². The molecule has 1 aromatic heterocycles. The van der Waals surface area contributed by atoms with Gasteiger partial charge in [-0.05, 0) is 43.2 Å². The molecular weight excluding hydrogens is 266 g/mol. The molecule has 0 bridgehead atoms. The lowest BCUT2D eigenvalue weighted by Gasteiger charge is -2.11. The summed E-state index contributed by atoms with van der Waals surface area (Å²) >= 11 is 0. The van der Waals surface area contributed by atoms with E-state index in [2.05, 4.69) is 10.3 Å². The van der Waals surface area contributed by atoms with Gasteiger partial charge in [0.25, 0.3) is 0 Å². The molecule has 0 saturated heterocycles. The topological polar surface area (TPSA) is 77.2 Å². The number of hydrogen-bond donors (Lipinski definition) is 2. The summed E-state index contributed by atoms with van der Waals surface area (Å²) in [5, 5.41) is 2.74. The second-order valence-electron chi connectivity index (χ2n) is 4.82. The van der Waals surface area contributed by atoms with Crippen molar-refractivity contribution in [2.75, 3.05) is 17.7 Å². The predicted molar refractivity (Wildman–Crippen MR) is 83.3 cm³/mol. The molecule has 2 rings (SSSR count). The largest absolute Gasteiger partial charge is 0.493 e. The second kappa shape index (κ2) is 6.74. The van der Waals surface area contributed by atoms with Crippen LogP contribution < -0.4 is 15.8 Å². The maximum absolute atomic E-state index is 11.8. The first-order valence-corrected chi connectivity index (χ1v) is 6.76. The average Bonchev–Trinajstić information content (AvgIpc) is 2.46. The summed E-state index contributed by atoms with van der Waals surface area (Å²) < 4.78 is 5.65. The fourth-order valence-corrected chi connectivity index (χ4v) is 1.84. The highest BCUT2D eigenvalue weighted by atomic mass is 16.5. The van der Waals surface area contributed by atoms with Crippen molar-refractivity contribution in [3.8, 4) is 5.75 Å². The molecule has 0 saturated carbocycles. The average molecular weight is 285 g/mol. The maximum atomic E-state index is 11.8. The van der Waals surface area contributed by atoms with Crippen LogP contribution in [0.5, 0.6) is 5.75 Å². The number of nitrogen functional groups attached to an aromatic ring is 1. The molecule has 0 aliphatic carbocycles. The van der Waals surface area contributed by atoms with Crippen LogP contribution in [-0.2, 0) is 4.79 Å². The fourth-order valence-electron chi connectivity index (χ4n) is 1.84. The molecule has 1 heterocycles. The van der Waals surface area contributed by atoms with Crippen molar-refractivity contribution in [3.05, 3.63) is 47.7 Å². The Morgan fingerprint density at radius 1 is 1.29 bits per heavy atom. The van der Waals surface area contributed by atoms with Gasteiger partial charge in [0.1, 0.15) is 11.6 Å². The van der Waals surface area contributed by atoms with Gasteiger partial charge < -0.3 is 15.8 Å². The number of ether oxygens (including phenoxy) is 1. The third-order valence-electron chi connectivity index (χ3n) is 3.21. The van der Waals surface area contributed by atoms with Gasteiger partial charge in [0.2, 0.25) is 5.91 Å². The molecule has 3 N–H and O–H groups in total. The van der Waals surface area contributed by atoms with Crippen LogP contribution in [-0.4, -0.2) is 17.5 Å². The van der Waals surface area contributed by atoms with Gasteiger partial charge in [-0.3, -0.25) is 4.79 Å². The van der Waals surface area contributed by atoms with Crippen LogP contribution >= 0.6 is 0 Å². The Morgan fingerprint density at radius 3 is 2.81 bits per heavy atom. The Labute approximate surface area is 124 Å². The van der Waals surface area contributed by atoms with E-state index in [0.717, 1.165) is 11.3 Å². The van der Waals surface area contributed by atoms with Gasteiger partial charge >= 0.3 is 0 Å². The van der Waals surface area contributed by atoms with E-state index in [0.29, 0.717) is 18.1 Å². The van der Waals surface area contributed by atoms with Gasteiger partial charge in [0.05, 0.1) is 24.9 Å². The van der Waals surface area contributed by atoms with Gasteiger partial charge in [-0.25, -0.2) is 4.98 Å². The summed E-state index contributed by atoms with van der Waals surface area (Å²) in [4.78, 5) is 15.7. The number of benzene rings is 1. The van der Waals surface area contributed by atoms with Crippen molar-refractivity contribution >= 4 is 17.4 Å². The summed E-state index contributed by atoms with van der Waals surface area (Å²) in [5.74, 6) is 1.12. The first-order chi connectivity index (χ1) is 10.1. The number of aromatic nitrogens is 1. The Balaban J connectivity index is 1.81. The zero-order chi connectivity index (χ0) is 15.2. The van der Waals surface area contributed by atoms with E-state index >= 15 is 0 Å². The van der Waals surface area contributed by atoms with E-state index in [4.69, 9.17) is 10.5 Å². The van der Waals surface area contributed by atoms with Crippen molar-refractivity contribution in [1.82, 2.24) is 4.98 Å². The predicted octanol–water partition coefficient (Wildman–Crippen LogP) is 2.69. The number of nitrogens with one attached hydrogen (secondary N) is 1. The number of anilines is 2. The highest BCUT2D eigenvalue weighted by Gasteiger charge is 2.05. The van der Waals surface area contributed by atoms with Gasteiger partial charge in [0, 0.05) is 0 Å². The molecule has 0 atom stereocenters. The minimum Gasteiger partial charge on any atom is -0.493 e. The summed E-state index contributed by atoms with van der Waals surface area (Å²) in [5.41, 5.74) is 8.38. The fraction of sp³-hybridized carbons (Fsp3) is 0.250. The molecular formula is C16H19N3O2. The van der Waals surface area contributed by atoms with Crippen molar-refractivity contribution in [3.63, 3.8) is 0 Å². The Morgan fingerprint density at radius 2 is 2.10 bits per heavy atom. The van der Waals surface area contributed by atoms with Gasteiger partial charge in [-0.2, -0.15) is 0 Å². The number of rotatable bonds is 5. The standard InChI is InChI=1S/C16H19N3O2/c1-11-4-3-5-14(12(11)2)21-9-8-16(20)19-13-6-7-15(17)18-10-13/h3-7,10H,8-9H2,1-2H3,(H2,17,18)(H,19,20). The Bertz CT molecular complexity index is 624. The molecule has 1 amide bonds. The molecule has 0 radical (unpaired) electrons. The quantitative estimate of drug-likeness (QED) is 0.885. The number of nitrogens with two attached hydrogens (primary N) is 1. The molecule has 2 aromatic rings. The lowest BCUT2D eigenvalue weighted by molar-refractivity contribution is -0.116. The van der Waals surface area contributed by atoms with Crippen LogP contribution in [0.1, 0.15) is 17.5 Å². The number of aryl methyl sites for hydroxylation is 1. The smallest absolute Gasteiger partial charge is 0.227 e. The molecule has 0 spiro atoms. The summed E-state index contributed by atoms with van der Waals surface area (Å²) in [6.45, 7) is 4.37. The lowest BCUT2D eigenvalue weighted by Crippen LogP contribution is -2.15. The van der Waals surface area contributed by atoms with Crippen molar-refractivity contribution in [1.29, 1.82) is 0 Å². The highest BCUT2D eigenvalue weighted by Crippen LogP contribution is 2.20. The van der Waals surface area contributed by atoms with Crippen LogP contribution in [0.2, 0.25) is 0 Å². The van der Waals surface area contributed by atoms with E-state index in [9.17, 15) is 4.79 Å². The molecule has 21 heavy (non-hydrogen) atoms. The molecule has 5 nitrogen and oxygen atoms in total. The molecule has 1 aromatic carbocycles. The summed E-state index contributed by atoms with van der Waals surface area (Å²) in [6, 6.07) is 9.24. The molecule has 0 fully saturated rings. The monoisotopic (exact) mass is 285 g/mol. The molecule has 0 aliphatic heterocycles. The number of hydrogen-bond acceptors (Lipinski definition) is 4. The van der Waals surface area contributed by atoms with Crippen LogP contribution in [0.3, 0.4) is 0 Å². The first-order valence-electron chi connectivity index (χ1n) is 6.76. The zero-order valence-electron chi connectivity index (χ0n) is 12.2. The third-order valence-corrected chi connectivity index (χ3v) is 3.21. The normalized spacial score (nSPS) is 10.2. The molecule has 5 heteroatoms. The van der Waals surface area contributed by atoms with E-state index in [1.165, 1.54) is 11.8 Å². The number of carbonyl (C=O) groups excluding carboxylic acids is 1. The van der Waals surface area contributed by atoms with Gasteiger partial charge in [-0.15, -0.1) is 0 Å². The molecule has 110 valence electrons. The zero-order valence-corrected chi connectivity index (χ0v) is 12.2. The summed E-state index contributed by atoms with van der Waals surface area (Å²) in [7, 11) is 0. The van der Waals surface area contributed by atoms with Gasteiger partial charge in [-0.1, -0.05) is 12.1 Å². The van der Waals surface area contributed by atoms with Crippen LogP contribution in [0.4, 0.5) is 11.5 Å². The van der Waals surface area contributed by atoms with Crippen LogP contribution in [0, 0.1) is 13.8 Å². The Hall–Kier alpha value is -2.56. The lowest BCUT2D eigenvalue weighted by atomic mass is 10.1. The molecule has 0 unspecified atom stereocenters. The van der Waals surface area contributed by atoms with E-state index < -0.39 is 0 Å². The van der Waals surface area contributed by atoms with Crippen molar-refractivity contribution in [2.45, 2.75) is 20.3 Å². The number of amides is 1. The minimum absolute atomic E-state index is 0.119. The van der Waals surface area contributed by atoms with E-state index in [1.54, 1.807) is 12.1 Å². The van der Waals surface area contributed by atoms with Gasteiger partial charge in [0.15, 0.2) is 0 Å². The third kappa shape index (κ3) is 4.21. The maximum Gasteiger partial charge on any atom is 0.227 e. The van der Waals surface area contributed by atoms with Crippen LogP contribution in [0.25, 0.3) is 0 Å². The second-order valence-corrected chi connectivity index (χ2v) is 4.82. The minimum atomic E-state index is -0.119. The Kier molecular flexibility index (Phi) is 4.77.